The van der Waals surface area contributed by atoms with Gasteiger partial charge in [-0.2, -0.15) is 5.48 Å². The fourth-order valence-electron chi connectivity index (χ4n) is 4.60. The van der Waals surface area contributed by atoms with E-state index in [4.69, 9.17) is 4.98 Å². The first-order chi connectivity index (χ1) is 16.2. The lowest BCUT2D eigenvalue weighted by atomic mass is 10.1. The molecule has 8 nitrogen and oxygen atoms in total. The maximum atomic E-state index is 9.40. The molecule has 3 N–H and O–H groups in total. The van der Waals surface area contributed by atoms with Gasteiger partial charge in [-0.15, -0.1) is 0 Å². The Hall–Kier alpha value is -4.01. The number of aryl methyl sites for hydroxylation is 2. The molecular formula is C25H23N7O. The number of rotatable bonds is 5. The summed E-state index contributed by atoms with van der Waals surface area (Å²) in [7, 11) is 0. The molecule has 1 unspecified atom stereocenters. The average Bonchev–Trinajstić information content (AvgIpc) is 3.56. The van der Waals surface area contributed by atoms with Crippen LogP contribution >= 0.6 is 0 Å². The van der Waals surface area contributed by atoms with Gasteiger partial charge in [0.25, 0.3) is 0 Å². The Morgan fingerprint density at radius 2 is 2.03 bits per heavy atom. The van der Waals surface area contributed by atoms with Crippen LogP contribution in [0.5, 0.6) is 0 Å². The third-order valence-electron chi connectivity index (χ3n) is 6.21. The topological polar surface area (TPSA) is 92.3 Å². The minimum Gasteiger partial charge on any atom is -0.339 e. The minimum absolute atomic E-state index is 0.00316. The zero-order chi connectivity index (χ0) is 22.4. The Kier molecular flexibility index (Phi) is 4.67. The molecule has 0 aliphatic heterocycles. The Morgan fingerprint density at radius 1 is 1.09 bits per heavy atom. The standard InChI is InChI=1S/C25H23N7O/c1-16-8-9-27-22(13-16)31-11-2-3-21(31)24-25(32-12-10-26-15-23(32)29-24)28-18-5-6-19-17(14-18)4-7-20(19)30-33/h2-3,5-6,8-15,20,28,30,33H,4,7H2,1H3. The molecule has 8 heteroatoms. The maximum Gasteiger partial charge on any atom is 0.157 e. The summed E-state index contributed by atoms with van der Waals surface area (Å²) in [6, 6.07) is 14.4. The van der Waals surface area contributed by atoms with Crippen molar-refractivity contribution >= 4 is 17.2 Å². The largest absolute Gasteiger partial charge is 0.339 e. The number of nitrogens with one attached hydrogen (secondary N) is 2. The van der Waals surface area contributed by atoms with Crippen LogP contribution in [0.25, 0.3) is 22.9 Å². The molecule has 0 saturated heterocycles. The molecule has 164 valence electrons. The van der Waals surface area contributed by atoms with Gasteiger partial charge in [0, 0.05) is 30.5 Å². The van der Waals surface area contributed by atoms with E-state index in [1.54, 1.807) is 12.4 Å². The lowest BCUT2D eigenvalue weighted by Crippen LogP contribution is -2.13. The molecule has 0 amide bonds. The monoisotopic (exact) mass is 437 g/mol. The first-order valence-corrected chi connectivity index (χ1v) is 10.9. The van der Waals surface area contributed by atoms with Crippen molar-refractivity contribution in [2.24, 2.45) is 0 Å². The number of hydrogen-bond donors (Lipinski definition) is 3. The average molecular weight is 438 g/mol. The zero-order valence-electron chi connectivity index (χ0n) is 18.1. The van der Waals surface area contributed by atoms with Crippen molar-refractivity contribution in [3.63, 3.8) is 0 Å². The van der Waals surface area contributed by atoms with E-state index in [0.717, 1.165) is 58.3 Å². The second kappa shape index (κ2) is 7.84. The number of fused-ring (bicyclic) bond motifs is 2. The zero-order valence-corrected chi connectivity index (χ0v) is 18.1. The molecule has 0 radical (unpaired) electrons. The highest BCUT2D eigenvalue weighted by Gasteiger charge is 2.23. The lowest BCUT2D eigenvalue weighted by Gasteiger charge is -2.13. The molecule has 6 rings (SSSR count). The van der Waals surface area contributed by atoms with Crippen molar-refractivity contribution in [1.82, 2.24) is 29.4 Å². The molecule has 0 bridgehead atoms. The van der Waals surface area contributed by atoms with Gasteiger partial charge < -0.3 is 10.5 Å². The van der Waals surface area contributed by atoms with Crippen molar-refractivity contribution in [2.75, 3.05) is 5.32 Å². The van der Waals surface area contributed by atoms with E-state index in [2.05, 4.69) is 45.9 Å². The summed E-state index contributed by atoms with van der Waals surface area (Å²) in [5.74, 6) is 1.70. The molecule has 1 aliphatic rings. The van der Waals surface area contributed by atoms with Crippen LogP contribution in [0.1, 0.15) is 29.2 Å². The highest BCUT2D eigenvalue weighted by molar-refractivity contribution is 5.79. The summed E-state index contributed by atoms with van der Waals surface area (Å²) in [5.41, 5.74) is 9.41. The summed E-state index contributed by atoms with van der Waals surface area (Å²) in [4.78, 5) is 13.7. The van der Waals surface area contributed by atoms with E-state index in [1.807, 2.05) is 51.8 Å². The third-order valence-corrected chi connectivity index (χ3v) is 6.21. The number of pyridine rings is 1. The predicted octanol–water partition coefficient (Wildman–Crippen LogP) is 4.60. The molecule has 0 saturated carbocycles. The number of hydrogen-bond acceptors (Lipinski definition) is 6. The van der Waals surface area contributed by atoms with Gasteiger partial charge in [0.2, 0.25) is 0 Å². The third kappa shape index (κ3) is 3.36. The summed E-state index contributed by atoms with van der Waals surface area (Å²) < 4.78 is 4.06. The van der Waals surface area contributed by atoms with Crippen LogP contribution in [0.2, 0.25) is 0 Å². The normalized spacial score (nSPS) is 15.2. The fraction of sp³-hybridized carbons (Fsp3) is 0.160. The first-order valence-electron chi connectivity index (χ1n) is 10.9. The van der Waals surface area contributed by atoms with E-state index in [0.29, 0.717) is 0 Å². The van der Waals surface area contributed by atoms with Gasteiger partial charge in [-0.05, 0) is 72.9 Å². The van der Waals surface area contributed by atoms with Crippen molar-refractivity contribution in [3.05, 3.63) is 90.1 Å². The van der Waals surface area contributed by atoms with Crippen molar-refractivity contribution in [1.29, 1.82) is 0 Å². The molecule has 0 fully saturated rings. The molecule has 33 heavy (non-hydrogen) atoms. The van der Waals surface area contributed by atoms with Crippen molar-refractivity contribution in [3.8, 4) is 17.2 Å². The minimum atomic E-state index is -0.00316. The van der Waals surface area contributed by atoms with Crippen LogP contribution in [0, 0.1) is 6.92 Å². The first kappa shape index (κ1) is 19.7. The van der Waals surface area contributed by atoms with Gasteiger partial charge in [-0.1, -0.05) is 6.07 Å². The second-order valence-electron chi connectivity index (χ2n) is 8.33. The smallest absolute Gasteiger partial charge is 0.157 e. The summed E-state index contributed by atoms with van der Waals surface area (Å²) in [6.45, 7) is 2.06. The van der Waals surface area contributed by atoms with Crippen LogP contribution in [0.3, 0.4) is 0 Å². The number of imidazole rings is 1. The molecule has 0 spiro atoms. The quantitative estimate of drug-likeness (QED) is 0.348. The van der Waals surface area contributed by atoms with E-state index in [-0.39, 0.29) is 6.04 Å². The van der Waals surface area contributed by atoms with E-state index in [9.17, 15) is 5.21 Å². The van der Waals surface area contributed by atoms with E-state index >= 15 is 0 Å². The van der Waals surface area contributed by atoms with E-state index < -0.39 is 0 Å². The second-order valence-corrected chi connectivity index (χ2v) is 8.33. The summed E-state index contributed by atoms with van der Waals surface area (Å²) >= 11 is 0. The van der Waals surface area contributed by atoms with Crippen LogP contribution in [-0.4, -0.2) is 29.1 Å². The summed E-state index contributed by atoms with van der Waals surface area (Å²) in [6.07, 6.45) is 11.1. The maximum absolute atomic E-state index is 9.40. The van der Waals surface area contributed by atoms with Gasteiger partial charge in [0.15, 0.2) is 5.65 Å². The summed E-state index contributed by atoms with van der Waals surface area (Å²) in [5, 5.41) is 13.0. The lowest BCUT2D eigenvalue weighted by molar-refractivity contribution is 0.126. The number of nitrogens with zero attached hydrogens (tertiary/aromatic N) is 5. The number of benzene rings is 1. The van der Waals surface area contributed by atoms with Gasteiger partial charge in [0.1, 0.15) is 17.3 Å². The van der Waals surface area contributed by atoms with Crippen LogP contribution < -0.4 is 10.8 Å². The Labute approximate surface area is 190 Å². The molecule has 1 atom stereocenters. The molecule has 1 aromatic carbocycles. The van der Waals surface area contributed by atoms with Gasteiger partial charge >= 0.3 is 0 Å². The molecule has 4 aromatic heterocycles. The fourth-order valence-corrected chi connectivity index (χ4v) is 4.60. The molecular weight excluding hydrogens is 414 g/mol. The Morgan fingerprint density at radius 3 is 2.91 bits per heavy atom. The van der Waals surface area contributed by atoms with E-state index in [1.165, 1.54) is 5.56 Å². The molecule has 4 heterocycles. The van der Waals surface area contributed by atoms with Crippen molar-refractivity contribution in [2.45, 2.75) is 25.8 Å². The molecule has 5 aromatic rings. The van der Waals surface area contributed by atoms with Crippen LogP contribution in [-0.2, 0) is 6.42 Å². The van der Waals surface area contributed by atoms with Gasteiger partial charge in [-0.25, -0.2) is 9.97 Å². The van der Waals surface area contributed by atoms with Crippen LogP contribution in [0.4, 0.5) is 11.5 Å². The van der Waals surface area contributed by atoms with Gasteiger partial charge in [0.05, 0.1) is 17.9 Å². The Balaban J connectivity index is 1.47. The predicted molar refractivity (Wildman–Crippen MR) is 126 cm³/mol. The highest BCUT2D eigenvalue weighted by Crippen LogP contribution is 2.36. The van der Waals surface area contributed by atoms with Crippen LogP contribution in [0.15, 0.2) is 73.4 Å². The van der Waals surface area contributed by atoms with Crippen molar-refractivity contribution < 1.29 is 5.21 Å². The number of aromatic nitrogens is 5. The number of anilines is 2. The molecule has 1 aliphatic carbocycles. The van der Waals surface area contributed by atoms with Gasteiger partial charge in [-0.3, -0.25) is 14.0 Å². The number of hydroxylamine groups is 1. The SMILES string of the molecule is Cc1ccnc(-n2cccc2-c2nc3cnccn3c2Nc2ccc3c(c2)CCC3NO)c1. The highest BCUT2D eigenvalue weighted by atomic mass is 16.5. The Bertz CT molecular complexity index is 1470.